The molecular weight excluding hydrogens is 434 g/mol. The van der Waals surface area contributed by atoms with Crippen molar-refractivity contribution in [2.45, 2.75) is 9.79 Å². The summed E-state index contributed by atoms with van der Waals surface area (Å²) < 4.78 is 26.3. The van der Waals surface area contributed by atoms with Crippen molar-refractivity contribution in [1.82, 2.24) is 9.88 Å². The number of piperazine rings is 1. The zero-order valence-electron chi connectivity index (χ0n) is 18.0. The second-order valence-corrected chi connectivity index (χ2v) is 9.97. The molecule has 0 spiro atoms. The van der Waals surface area contributed by atoms with E-state index in [2.05, 4.69) is 9.88 Å². The Kier molecular flexibility index (Phi) is 5.56. The molecule has 7 heteroatoms. The summed E-state index contributed by atoms with van der Waals surface area (Å²) in [6, 6.07) is 22.9. The number of rotatable bonds is 4. The molecule has 1 aromatic heterocycles. The van der Waals surface area contributed by atoms with Gasteiger partial charge in [-0.25, -0.2) is 8.42 Å². The second kappa shape index (κ2) is 8.67. The molecule has 0 bridgehead atoms. The quantitative estimate of drug-likeness (QED) is 0.463. The zero-order valence-corrected chi connectivity index (χ0v) is 18.8. The number of nitrogens with zero attached hydrogens (tertiary/aromatic N) is 3. The number of anilines is 1. The van der Waals surface area contributed by atoms with Crippen LogP contribution in [0.15, 0.2) is 101 Å². The number of hydrogen-bond donors (Lipinski definition) is 0. The summed E-state index contributed by atoms with van der Waals surface area (Å²) in [6.07, 6.45) is 3.53. The lowest BCUT2D eigenvalue weighted by Crippen LogP contribution is -2.48. The van der Waals surface area contributed by atoms with E-state index < -0.39 is 9.84 Å². The van der Waals surface area contributed by atoms with Crippen molar-refractivity contribution in [3.8, 4) is 0 Å². The Morgan fingerprint density at radius 2 is 1.36 bits per heavy atom. The maximum atomic E-state index is 13.1. The Morgan fingerprint density at radius 1 is 0.727 bits per heavy atom. The molecule has 5 rings (SSSR count). The molecule has 0 aliphatic carbocycles. The molecule has 0 radical (unpaired) electrons. The monoisotopic (exact) mass is 457 g/mol. The molecule has 2 heterocycles. The number of benzene rings is 3. The summed E-state index contributed by atoms with van der Waals surface area (Å²) in [5, 5.41) is 1.86. The molecule has 0 atom stereocenters. The first-order valence-corrected chi connectivity index (χ1v) is 12.3. The molecule has 1 saturated heterocycles. The maximum Gasteiger partial charge on any atom is 0.253 e. The van der Waals surface area contributed by atoms with Crippen LogP contribution in [0.3, 0.4) is 0 Å². The summed E-state index contributed by atoms with van der Waals surface area (Å²) in [5.74, 6) is -0.0842. The van der Waals surface area contributed by atoms with Crippen molar-refractivity contribution in [2.24, 2.45) is 0 Å². The van der Waals surface area contributed by atoms with Gasteiger partial charge in [-0.05, 0) is 59.3 Å². The van der Waals surface area contributed by atoms with E-state index >= 15 is 0 Å². The Labute approximate surface area is 193 Å². The van der Waals surface area contributed by atoms with E-state index in [1.165, 1.54) is 12.1 Å². The predicted octanol–water partition coefficient (Wildman–Crippen LogP) is 4.03. The lowest BCUT2D eigenvalue weighted by Gasteiger charge is -2.36. The lowest BCUT2D eigenvalue weighted by atomic mass is 10.1. The van der Waals surface area contributed by atoms with Gasteiger partial charge >= 0.3 is 0 Å². The van der Waals surface area contributed by atoms with Crippen molar-refractivity contribution in [2.75, 3.05) is 31.1 Å². The molecule has 0 unspecified atom stereocenters. The molecule has 0 N–H and O–H groups in total. The van der Waals surface area contributed by atoms with Crippen molar-refractivity contribution >= 4 is 32.2 Å². The summed E-state index contributed by atoms with van der Waals surface area (Å²) in [7, 11) is -3.67. The molecule has 1 aliphatic rings. The van der Waals surface area contributed by atoms with Gasteiger partial charge < -0.3 is 9.80 Å². The van der Waals surface area contributed by atoms with Crippen molar-refractivity contribution in [3.05, 3.63) is 96.8 Å². The first-order valence-electron chi connectivity index (χ1n) is 10.8. The largest absolute Gasteiger partial charge is 0.368 e. The number of carbonyl (C=O) groups is 1. The van der Waals surface area contributed by atoms with Gasteiger partial charge in [0.2, 0.25) is 9.84 Å². The SMILES string of the molecule is O=C(c1ccc(S(=O)(=O)c2ccc3ccccc3c2)cc1)N1CCN(c2ccncc2)CC1. The Balaban J connectivity index is 1.30. The highest BCUT2D eigenvalue weighted by Crippen LogP contribution is 2.25. The van der Waals surface area contributed by atoms with E-state index in [0.717, 1.165) is 29.5 Å². The summed E-state index contributed by atoms with van der Waals surface area (Å²) >= 11 is 0. The van der Waals surface area contributed by atoms with Crippen LogP contribution in [0.2, 0.25) is 0 Å². The molecule has 1 fully saturated rings. The average Bonchev–Trinajstić information content (AvgIpc) is 2.88. The molecule has 33 heavy (non-hydrogen) atoms. The van der Waals surface area contributed by atoms with E-state index in [4.69, 9.17) is 0 Å². The van der Waals surface area contributed by atoms with Gasteiger partial charge in [-0.2, -0.15) is 0 Å². The van der Waals surface area contributed by atoms with Crippen LogP contribution < -0.4 is 4.90 Å². The average molecular weight is 458 g/mol. The van der Waals surface area contributed by atoms with Crippen molar-refractivity contribution in [1.29, 1.82) is 0 Å². The molecule has 0 saturated carbocycles. The Morgan fingerprint density at radius 3 is 2.06 bits per heavy atom. The van der Waals surface area contributed by atoms with Gasteiger partial charge in [-0.15, -0.1) is 0 Å². The Bertz CT molecular complexity index is 1400. The predicted molar refractivity (Wildman–Crippen MR) is 128 cm³/mol. The molecule has 6 nitrogen and oxygen atoms in total. The molecule has 4 aromatic rings. The van der Waals surface area contributed by atoms with Gasteiger partial charge in [0.25, 0.3) is 5.91 Å². The minimum Gasteiger partial charge on any atom is -0.368 e. The molecule has 1 amide bonds. The normalized spacial score (nSPS) is 14.4. The third-order valence-corrected chi connectivity index (χ3v) is 7.80. The van der Waals surface area contributed by atoms with E-state index in [1.54, 1.807) is 36.7 Å². The fourth-order valence-corrected chi connectivity index (χ4v) is 5.45. The molecule has 3 aromatic carbocycles. The highest BCUT2D eigenvalue weighted by atomic mass is 32.2. The van der Waals surface area contributed by atoms with Crippen LogP contribution in [0.4, 0.5) is 5.69 Å². The van der Waals surface area contributed by atoms with Gasteiger partial charge in [0.05, 0.1) is 9.79 Å². The number of carbonyl (C=O) groups excluding carboxylic acids is 1. The van der Waals surface area contributed by atoms with Crippen molar-refractivity contribution < 1.29 is 13.2 Å². The first kappa shape index (κ1) is 21.2. The van der Waals surface area contributed by atoms with Crippen LogP contribution in [0, 0.1) is 0 Å². The standard InChI is InChI=1S/C26H23N3O3S/c30-26(29-17-15-28(16-18-29)23-11-13-27-14-12-23)21-6-8-24(9-7-21)33(31,32)25-10-5-20-3-1-2-4-22(20)19-25/h1-14,19H,15-18H2. The van der Waals surface area contributed by atoms with Gasteiger partial charge in [-0.1, -0.05) is 30.3 Å². The minimum atomic E-state index is -3.67. The van der Waals surface area contributed by atoms with E-state index in [9.17, 15) is 13.2 Å². The van der Waals surface area contributed by atoms with Gasteiger partial charge in [0.1, 0.15) is 0 Å². The molecular formula is C26H23N3O3S. The summed E-state index contributed by atoms with van der Waals surface area (Å²) in [6.45, 7) is 2.70. The number of aromatic nitrogens is 1. The van der Waals surface area contributed by atoms with E-state index in [-0.39, 0.29) is 15.7 Å². The minimum absolute atomic E-state index is 0.0842. The number of amides is 1. The van der Waals surface area contributed by atoms with Crippen LogP contribution in [0.1, 0.15) is 10.4 Å². The highest BCUT2D eigenvalue weighted by Gasteiger charge is 2.23. The summed E-state index contributed by atoms with van der Waals surface area (Å²) in [4.78, 5) is 21.5. The smallest absolute Gasteiger partial charge is 0.253 e. The van der Waals surface area contributed by atoms with Gasteiger partial charge in [0.15, 0.2) is 0 Å². The first-order chi connectivity index (χ1) is 16.0. The number of hydrogen-bond acceptors (Lipinski definition) is 5. The number of sulfone groups is 1. The fourth-order valence-electron chi connectivity index (χ4n) is 4.15. The summed E-state index contributed by atoms with van der Waals surface area (Å²) in [5.41, 5.74) is 1.59. The van der Waals surface area contributed by atoms with Gasteiger partial charge in [0, 0.05) is 49.8 Å². The van der Waals surface area contributed by atoms with E-state index in [1.807, 2.05) is 47.4 Å². The fraction of sp³-hybridized carbons (Fsp3) is 0.154. The maximum absolute atomic E-state index is 13.1. The van der Waals surface area contributed by atoms with Gasteiger partial charge in [-0.3, -0.25) is 9.78 Å². The van der Waals surface area contributed by atoms with Crippen molar-refractivity contribution in [3.63, 3.8) is 0 Å². The topological polar surface area (TPSA) is 70.6 Å². The van der Waals surface area contributed by atoms with Crippen LogP contribution in [-0.2, 0) is 9.84 Å². The highest BCUT2D eigenvalue weighted by molar-refractivity contribution is 7.91. The third kappa shape index (κ3) is 4.19. The van der Waals surface area contributed by atoms with Crippen LogP contribution in [0.5, 0.6) is 0 Å². The third-order valence-electron chi connectivity index (χ3n) is 6.04. The van der Waals surface area contributed by atoms with Crippen LogP contribution >= 0.6 is 0 Å². The Hall–Kier alpha value is -3.71. The molecule has 1 aliphatic heterocycles. The lowest BCUT2D eigenvalue weighted by molar-refractivity contribution is 0.0746. The van der Waals surface area contributed by atoms with Crippen LogP contribution in [0.25, 0.3) is 10.8 Å². The zero-order chi connectivity index (χ0) is 22.8. The number of pyridine rings is 1. The van der Waals surface area contributed by atoms with E-state index in [0.29, 0.717) is 18.7 Å². The number of fused-ring (bicyclic) bond motifs is 1. The molecule has 166 valence electrons. The second-order valence-electron chi connectivity index (χ2n) is 8.02. The van der Waals surface area contributed by atoms with Crippen LogP contribution in [-0.4, -0.2) is 50.4 Å².